The Balaban J connectivity index is 1.09. The molecule has 0 bridgehead atoms. The summed E-state index contributed by atoms with van der Waals surface area (Å²) in [5.41, 5.74) is 2.49. The number of piperidine rings is 1. The minimum absolute atomic E-state index is 0.0904. The summed E-state index contributed by atoms with van der Waals surface area (Å²) in [5, 5.41) is 13.0. The number of ether oxygens (including phenoxy) is 3. The van der Waals surface area contributed by atoms with Crippen LogP contribution in [0.15, 0.2) is 35.4 Å². The van der Waals surface area contributed by atoms with E-state index in [1.54, 1.807) is 22.9 Å². The average Bonchev–Trinajstić information content (AvgIpc) is 2.90. The standard InChI is InChI=1S/C25H26N6O4/c26-10-16-11-29-20-1-2-23(32)31-19(15-35-25(16)24(20)31)14-30-5-3-17(4-6-30)27-12-18-9-21-22(13-28-18)34-8-7-33-21/h1-2,9,11,13,17,19,27H,3-8,12,14-15H2/t19-/m1/s1. The van der Waals surface area contributed by atoms with Crippen LogP contribution in [0.4, 0.5) is 0 Å². The quantitative estimate of drug-likeness (QED) is 0.589. The van der Waals surface area contributed by atoms with Gasteiger partial charge in [0.1, 0.15) is 37.0 Å². The second-order valence-electron chi connectivity index (χ2n) is 9.13. The summed E-state index contributed by atoms with van der Waals surface area (Å²) < 4.78 is 18.9. The zero-order valence-electron chi connectivity index (χ0n) is 19.3. The Hall–Kier alpha value is -3.68. The molecule has 1 saturated heterocycles. The van der Waals surface area contributed by atoms with Gasteiger partial charge in [-0.15, -0.1) is 0 Å². The van der Waals surface area contributed by atoms with Gasteiger partial charge in [0.05, 0.1) is 23.4 Å². The number of hydrogen-bond acceptors (Lipinski definition) is 9. The van der Waals surface area contributed by atoms with Crippen LogP contribution in [0, 0.1) is 11.3 Å². The number of nitrogens with zero attached hydrogens (tertiary/aromatic N) is 5. The van der Waals surface area contributed by atoms with Crippen molar-refractivity contribution in [3.05, 3.63) is 52.2 Å². The smallest absolute Gasteiger partial charge is 0.251 e. The van der Waals surface area contributed by atoms with Crippen molar-refractivity contribution in [1.82, 2.24) is 24.8 Å². The van der Waals surface area contributed by atoms with Crippen LogP contribution in [0.5, 0.6) is 17.2 Å². The zero-order chi connectivity index (χ0) is 23.8. The van der Waals surface area contributed by atoms with Gasteiger partial charge in [0.25, 0.3) is 5.56 Å². The lowest BCUT2D eigenvalue weighted by molar-refractivity contribution is 0.139. The molecule has 0 amide bonds. The fourth-order valence-electron chi connectivity index (χ4n) is 5.12. The molecule has 0 unspecified atom stereocenters. The number of pyridine rings is 3. The summed E-state index contributed by atoms with van der Waals surface area (Å²) in [5.74, 6) is 1.93. The molecule has 10 nitrogen and oxygen atoms in total. The van der Waals surface area contributed by atoms with E-state index in [1.807, 2.05) is 6.07 Å². The number of rotatable bonds is 5. The van der Waals surface area contributed by atoms with E-state index in [1.165, 1.54) is 6.20 Å². The lowest BCUT2D eigenvalue weighted by atomic mass is 10.0. The normalized spacial score (nSPS) is 19.8. The van der Waals surface area contributed by atoms with Crippen molar-refractivity contribution in [1.29, 1.82) is 5.26 Å². The summed E-state index contributed by atoms with van der Waals surface area (Å²) >= 11 is 0. The fourth-order valence-corrected chi connectivity index (χ4v) is 5.12. The van der Waals surface area contributed by atoms with Crippen LogP contribution < -0.4 is 25.1 Å². The molecule has 180 valence electrons. The molecule has 3 aromatic rings. The molecule has 6 heterocycles. The third kappa shape index (κ3) is 4.17. The molecule has 1 fully saturated rings. The number of likely N-dealkylation sites (tertiary alicyclic amines) is 1. The van der Waals surface area contributed by atoms with Gasteiger partial charge in [-0.25, -0.2) is 0 Å². The molecule has 6 rings (SSSR count). The summed E-state index contributed by atoms with van der Waals surface area (Å²) in [6.45, 7) is 4.74. The number of nitriles is 1. The second kappa shape index (κ2) is 9.17. The van der Waals surface area contributed by atoms with E-state index in [0.29, 0.717) is 67.0 Å². The van der Waals surface area contributed by atoms with E-state index in [2.05, 4.69) is 26.3 Å². The summed E-state index contributed by atoms with van der Waals surface area (Å²) in [6, 6.07) is 7.58. The van der Waals surface area contributed by atoms with Crippen molar-refractivity contribution in [2.45, 2.75) is 31.5 Å². The van der Waals surface area contributed by atoms with Crippen LogP contribution in [-0.2, 0) is 6.54 Å². The second-order valence-corrected chi connectivity index (χ2v) is 9.13. The molecule has 10 heteroatoms. The number of nitrogens with one attached hydrogen (secondary N) is 1. The van der Waals surface area contributed by atoms with E-state index in [-0.39, 0.29) is 11.6 Å². The van der Waals surface area contributed by atoms with E-state index in [4.69, 9.17) is 14.2 Å². The van der Waals surface area contributed by atoms with Crippen LogP contribution in [0.1, 0.15) is 30.1 Å². The van der Waals surface area contributed by atoms with Gasteiger partial charge >= 0.3 is 0 Å². The van der Waals surface area contributed by atoms with E-state index >= 15 is 0 Å². The van der Waals surface area contributed by atoms with Gasteiger partial charge in [-0.05, 0) is 32.0 Å². The van der Waals surface area contributed by atoms with Gasteiger partial charge in [0.15, 0.2) is 17.2 Å². The minimum Gasteiger partial charge on any atom is -0.488 e. The Morgan fingerprint density at radius 2 is 1.91 bits per heavy atom. The predicted octanol–water partition coefficient (Wildman–Crippen LogP) is 1.62. The molecule has 3 aliphatic rings. The highest BCUT2D eigenvalue weighted by atomic mass is 16.6. The molecule has 0 spiro atoms. The molecule has 3 aromatic heterocycles. The fraction of sp³-hybridized carbons (Fsp3) is 0.440. The van der Waals surface area contributed by atoms with Crippen molar-refractivity contribution in [2.75, 3.05) is 39.5 Å². The monoisotopic (exact) mass is 474 g/mol. The third-order valence-corrected chi connectivity index (χ3v) is 6.92. The molecule has 0 aliphatic carbocycles. The first-order valence-corrected chi connectivity index (χ1v) is 12.0. The van der Waals surface area contributed by atoms with Crippen molar-refractivity contribution in [3.63, 3.8) is 0 Å². The molecule has 3 aliphatic heterocycles. The minimum atomic E-state index is -0.124. The van der Waals surface area contributed by atoms with Crippen molar-refractivity contribution in [2.24, 2.45) is 0 Å². The molecular formula is C25H26N6O4. The van der Waals surface area contributed by atoms with Gasteiger partial charge in [0, 0.05) is 37.5 Å². The molecule has 0 saturated carbocycles. The molecule has 1 N–H and O–H groups in total. The van der Waals surface area contributed by atoms with Crippen LogP contribution >= 0.6 is 0 Å². The molecule has 1 atom stereocenters. The zero-order valence-corrected chi connectivity index (χ0v) is 19.3. The van der Waals surface area contributed by atoms with Crippen LogP contribution in [0.2, 0.25) is 0 Å². The Labute approximate surface area is 202 Å². The number of aromatic nitrogens is 3. The highest BCUT2D eigenvalue weighted by Crippen LogP contribution is 2.33. The number of fused-ring (bicyclic) bond motifs is 1. The lowest BCUT2D eigenvalue weighted by Crippen LogP contribution is -2.46. The Bertz CT molecular complexity index is 1360. The largest absolute Gasteiger partial charge is 0.488 e. The number of hydrogen-bond donors (Lipinski definition) is 1. The Kier molecular flexibility index (Phi) is 5.72. The highest BCUT2D eigenvalue weighted by Gasteiger charge is 2.29. The van der Waals surface area contributed by atoms with Crippen LogP contribution in [0.3, 0.4) is 0 Å². The first-order valence-electron chi connectivity index (χ1n) is 12.0. The van der Waals surface area contributed by atoms with Crippen molar-refractivity contribution in [3.8, 4) is 23.3 Å². The Morgan fingerprint density at radius 3 is 2.74 bits per heavy atom. The average molecular weight is 475 g/mol. The molecule has 35 heavy (non-hydrogen) atoms. The van der Waals surface area contributed by atoms with Crippen molar-refractivity contribution >= 4 is 11.0 Å². The van der Waals surface area contributed by atoms with Crippen molar-refractivity contribution < 1.29 is 14.2 Å². The highest BCUT2D eigenvalue weighted by molar-refractivity contribution is 5.84. The lowest BCUT2D eigenvalue weighted by Gasteiger charge is -2.36. The topological polar surface area (TPSA) is 115 Å². The summed E-state index contributed by atoms with van der Waals surface area (Å²) in [7, 11) is 0. The third-order valence-electron chi connectivity index (χ3n) is 6.92. The van der Waals surface area contributed by atoms with E-state index in [9.17, 15) is 10.1 Å². The Morgan fingerprint density at radius 1 is 1.09 bits per heavy atom. The van der Waals surface area contributed by atoms with Gasteiger partial charge < -0.3 is 24.4 Å². The first-order chi connectivity index (χ1) is 17.2. The molecule has 0 radical (unpaired) electrons. The predicted molar refractivity (Wildman–Crippen MR) is 127 cm³/mol. The van der Waals surface area contributed by atoms with E-state index in [0.717, 1.165) is 37.4 Å². The molecular weight excluding hydrogens is 448 g/mol. The summed E-state index contributed by atoms with van der Waals surface area (Å²) in [6.07, 6.45) is 5.25. The maximum Gasteiger partial charge on any atom is 0.251 e. The maximum atomic E-state index is 12.8. The van der Waals surface area contributed by atoms with E-state index < -0.39 is 0 Å². The van der Waals surface area contributed by atoms with Gasteiger partial charge in [0.2, 0.25) is 0 Å². The van der Waals surface area contributed by atoms with Gasteiger partial charge in [-0.1, -0.05) is 0 Å². The molecule has 0 aromatic carbocycles. The SMILES string of the molecule is N#Cc1cnc2ccc(=O)n3c2c1OC[C@H]3CN1CCC(NCc2cc3c(cn2)OCCO3)CC1. The van der Waals surface area contributed by atoms with Gasteiger partial charge in [-0.3, -0.25) is 19.3 Å². The first kappa shape index (κ1) is 21.8. The van der Waals surface area contributed by atoms with Gasteiger partial charge in [-0.2, -0.15) is 5.26 Å². The van der Waals surface area contributed by atoms with Crippen LogP contribution in [-0.4, -0.2) is 64.9 Å². The maximum absolute atomic E-state index is 12.8. The van der Waals surface area contributed by atoms with Crippen LogP contribution in [0.25, 0.3) is 11.0 Å². The summed E-state index contributed by atoms with van der Waals surface area (Å²) in [4.78, 5) is 24.0.